The maximum absolute atomic E-state index is 10.4. The minimum atomic E-state index is -0.775. The van der Waals surface area contributed by atoms with E-state index in [0.29, 0.717) is 0 Å². The van der Waals surface area contributed by atoms with Gasteiger partial charge in [0.2, 0.25) is 0 Å². The standard InChI is InChI=1S/C9H9O2Se/c10-9(11)6-8(12)7-4-2-1-3-5-7/h1-5,8H,6H2,(H,10,11). The zero-order valence-electron chi connectivity index (χ0n) is 6.43. The first-order valence-corrected chi connectivity index (χ1v) is 4.61. The van der Waals surface area contributed by atoms with E-state index in [-0.39, 0.29) is 11.2 Å². The van der Waals surface area contributed by atoms with Crippen molar-refractivity contribution in [2.45, 2.75) is 11.2 Å². The van der Waals surface area contributed by atoms with Gasteiger partial charge in [-0.3, -0.25) is 0 Å². The third kappa shape index (κ3) is 2.68. The number of rotatable bonds is 3. The molecular weight excluding hydrogens is 219 g/mol. The predicted octanol–water partition coefficient (Wildman–Crippen LogP) is 1.37. The Morgan fingerprint density at radius 3 is 2.50 bits per heavy atom. The van der Waals surface area contributed by atoms with E-state index in [4.69, 9.17) is 5.11 Å². The van der Waals surface area contributed by atoms with E-state index in [9.17, 15) is 4.79 Å². The van der Waals surface area contributed by atoms with Crippen LogP contribution in [0.5, 0.6) is 0 Å². The van der Waals surface area contributed by atoms with Gasteiger partial charge in [-0.05, 0) is 0 Å². The van der Waals surface area contributed by atoms with Gasteiger partial charge in [-0.1, -0.05) is 0 Å². The molecule has 2 nitrogen and oxygen atoms in total. The van der Waals surface area contributed by atoms with Gasteiger partial charge in [0.25, 0.3) is 0 Å². The van der Waals surface area contributed by atoms with Crippen molar-refractivity contribution in [3.63, 3.8) is 0 Å². The number of carbonyl (C=O) groups is 1. The van der Waals surface area contributed by atoms with Crippen LogP contribution in [0.2, 0.25) is 0 Å². The summed E-state index contributed by atoms with van der Waals surface area (Å²) >= 11 is 2.84. The summed E-state index contributed by atoms with van der Waals surface area (Å²) < 4.78 is 0. The Morgan fingerprint density at radius 1 is 1.42 bits per heavy atom. The van der Waals surface area contributed by atoms with Gasteiger partial charge in [-0.2, -0.15) is 0 Å². The summed E-state index contributed by atoms with van der Waals surface area (Å²) in [6.45, 7) is 0. The SMILES string of the molecule is O=C(O)CC([Se])c1ccccc1. The molecule has 0 aliphatic heterocycles. The van der Waals surface area contributed by atoms with Crippen LogP contribution in [-0.4, -0.2) is 27.1 Å². The number of carboxylic acid groups (broad SMARTS) is 1. The van der Waals surface area contributed by atoms with Crippen molar-refractivity contribution < 1.29 is 9.90 Å². The first kappa shape index (κ1) is 9.30. The second-order valence-corrected chi connectivity index (χ2v) is 3.69. The van der Waals surface area contributed by atoms with Crippen molar-refractivity contribution in [1.29, 1.82) is 0 Å². The molecule has 0 saturated carbocycles. The van der Waals surface area contributed by atoms with Gasteiger partial charge in [-0.15, -0.1) is 0 Å². The molecule has 1 rings (SSSR count). The fourth-order valence-electron chi connectivity index (χ4n) is 0.944. The van der Waals surface area contributed by atoms with Crippen LogP contribution in [0, 0.1) is 0 Å². The number of benzene rings is 1. The van der Waals surface area contributed by atoms with Gasteiger partial charge in [0, 0.05) is 0 Å². The average molecular weight is 228 g/mol. The Morgan fingerprint density at radius 2 is 2.00 bits per heavy atom. The molecule has 12 heavy (non-hydrogen) atoms. The molecule has 0 heterocycles. The molecule has 1 N–H and O–H groups in total. The molecule has 0 aromatic heterocycles. The second-order valence-electron chi connectivity index (χ2n) is 2.50. The fraction of sp³-hybridized carbons (Fsp3) is 0.222. The van der Waals surface area contributed by atoms with Crippen LogP contribution in [0.1, 0.15) is 16.8 Å². The summed E-state index contributed by atoms with van der Waals surface area (Å²) in [5.41, 5.74) is 1.03. The van der Waals surface area contributed by atoms with E-state index in [0.717, 1.165) is 5.56 Å². The molecule has 0 bridgehead atoms. The van der Waals surface area contributed by atoms with E-state index in [1.165, 1.54) is 0 Å². The molecular formula is C9H9O2Se. The van der Waals surface area contributed by atoms with Crippen LogP contribution < -0.4 is 0 Å². The van der Waals surface area contributed by atoms with E-state index in [2.05, 4.69) is 16.0 Å². The summed E-state index contributed by atoms with van der Waals surface area (Å²) in [4.78, 5) is 10.3. The van der Waals surface area contributed by atoms with E-state index < -0.39 is 5.97 Å². The van der Waals surface area contributed by atoms with Gasteiger partial charge in [0.15, 0.2) is 0 Å². The zero-order chi connectivity index (χ0) is 8.97. The zero-order valence-corrected chi connectivity index (χ0v) is 8.15. The summed E-state index contributed by atoms with van der Waals surface area (Å²) in [6.07, 6.45) is 0.143. The van der Waals surface area contributed by atoms with Crippen molar-refractivity contribution in [3.05, 3.63) is 35.9 Å². The third-order valence-electron chi connectivity index (χ3n) is 1.53. The topological polar surface area (TPSA) is 37.3 Å². The van der Waals surface area contributed by atoms with Gasteiger partial charge < -0.3 is 0 Å². The Labute approximate surface area is 79.4 Å². The van der Waals surface area contributed by atoms with Crippen molar-refractivity contribution in [3.8, 4) is 0 Å². The normalized spacial score (nSPS) is 12.4. The van der Waals surface area contributed by atoms with Crippen molar-refractivity contribution in [2.24, 2.45) is 0 Å². The molecule has 3 heteroatoms. The van der Waals surface area contributed by atoms with E-state index in [1.807, 2.05) is 30.3 Å². The van der Waals surface area contributed by atoms with E-state index >= 15 is 0 Å². The van der Waals surface area contributed by atoms with Crippen LogP contribution in [0.25, 0.3) is 0 Å². The fourth-order valence-corrected chi connectivity index (χ4v) is 1.57. The van der Waals surface area contributed by atoms with Gasteiger partial charge in [-0.25, -0.2) is 0 Å². The second kappa shape index (κ2) is 4.29. The third-order valence-corrected chi connectivity index (χ3v) is 2.45. The van der Waals surface area contributed by atoms with Crippen molar-refractivity contribution >= 4 is 22.0 Å². The van der Waals surface area contributed by atoms with Crippen molar-refractivity contribution in [2.75, 3.05) is 0 Å². The Balaban J connectivity index is 2.65. The van der Waals surface area contributed by atoms with Crippen LogP contribution in [0.4, 0.5) is 0 Å². The number of hydrogen-bond acceptors (Lipinski definition) is 1. The summed E-state index contributed by atoms with van der Waals surface area (Å²) in [5, 5.41) is 8.53. The van der Waals surface area contributed by atoms with Gasteiger partial charge >= 0.3 is 79.0 Å². The quantitative estimate of drug-likeness (QED) is 0.793. The van der Waals surface area contributed by atoms with Crippen LogP contribution in [0.15, 0.2) is 30.3 Å². The predicted molar refractivity (Wildman–Crippen MR) is 47.2 cm³/mol. The van der Waals surface area contributed by atoms with Crippen molar-refractivity contribution in [1.82, 2.24) is 0 Å². The molecule has 1 aromatic carbocycles. The molecule has 1 atom stereocenters. The Bertz CT molecular complexity index is 258. The molecule has 0 aliphatic rings. The molecule has 0 fully saturated rings. The number of aliphatic carboxylic acids is 1. The van der Waals surface area contributed by atoms with Crippen LogP contribution in [0.3, 0.4) is 0 Å². The molecule has 1 unspecified atom stereocenters. The van der Waals surface area contributed by atoms with Gasteiger partial charge in [0.05, 0.1) is 0 Å². The molecule has 63 valence electrons. The average Bonchev–Trinajstić information content (AvgIpc) is 2.05. The molecule has 0 saturated heterocycles. The summed E-state index contributed by atoms with van der Waals surface area (Å²) in [7, 11) is 0. The van der Waals surface area contributed by atoms with Crippen LogP contribution >= 0.6 is 0 Å². The molecule has 0 spiro atoms. The van der Waals surface area contributed by atoms with Crippen LogP contribution in [-0.2, 0) is 4.79 Å². The minimum absolute atomic E-state index is 0.0244. The van der Waals surface area contributed by atoms with Gasteiger partial charge in [0.1, 0.15) is 0 Å². The Kier molecular flexibility index (Phi) is 3.32. The van der Waals surface area contributed by atoms with E-state index in [1.54, 1.807) is 0 Å². The Hall–Kier alpha value is -0.791. The molecule has 1 radical (unpaired) electrons. The molecule has 0 aliphatic carbocycles. The maximum atomic E-state index is 10.4. The number of carboxylic acids is 1. The summed E-state index contributed by atoms with van der Waals surface area (Å²) in [6, 6.07) is 9.56. The molecule has 1 aromatic rings. The first-order chi connectivity index (χ1) is 5.70. The number of hydrogen-bond donors (Lipinski definition) is 1. The monoisotopic (exact) mass is 229 g/mol. The molecule has 0 amide bonds. The first-order valence-electron chi connectivity index (χ1n) is 3.62. The summed E-state index contributed by atoms with van der Waals surface area (Å²) in [5.74, 6) is -0.775.